The first-order chi connectivity index (χ1) is 11.6. The molecule has 0 N–H and O–H groups in total. The van der Waals surface area contributed by atoms with Gasteiger partial charge in [0, 0.05) is 17.0 Å². The summed E-state index contributed by atoms with van der Waals surface area (Å²) in [5.41, 5.74) is 3.47. The van der Waals surface area contributed by atoms with Crippen LogP contribution in [0.1, 0.15) is 32.6 Å². The maximum atomic E-state index is 13.0. The number of hydrogen-bond donors (Lipinski definition) is 0. The van der Waals surface area contributed by atoms with Crippen molar-refractivity contribution < 1.29 is 4.79 Å². The minimum absolute atomic E-state index is 0.0644. The van der Waals surface area contributed by atoms with E-state index in [1.54, 1.807) is 0 Å². The lowest BCUT2D eigenvalue weighted by molar-refractivity contribution is 0.0989. The number of thioether (sulfide) groups is 1. The van der Waals surface area contributed by atoms with E-state index in [-0.39, 0.29) is 11.0 Å². The molecule has 1 heterocycles. The molecule has 3 rings (SSSR count). The van der Waals surface area contributed by atoms with Crippen LogP contribution >= 0.6 is 11.8 Å². The van der Waals surface area contributed by atoms with Crippen LogP contribution in [0.15, 0.2) is 71.9 Å². The predicted molar refractivity (Wildman–Crippen MR) is 97.3 cm³/mol. The molecular weight excluding hydrogens is 316 g/mol. The Morgan fingerprint density at radius 2 is 1.42 bits per heavy atom. The molecule has 0 amide bonds. The van der Waals surface area contributed by atoms with Gasteiger partial charge in [0.1, 0.15) is 5.25 Å². The third-order valence-corrected chi connectivity index (χ3v) is 4.70. The van der Waals surface area contributed by atoms with E-state index >= 15 is 0 Å². The van der Waals surface area contributed by atoms with Gasteiger partial charge >= 0.3 is 0 Å². The lowest BCUT2D eigenvalue weighted by Crippen LogP contribution is -2.11. The molecule has 2 aromatic carbocycles. The largest absolute Gasteiger partial charge is 0.293 e. The highest BCUT2D eigenvalue weighted by atomic mass is 32.2. The third kappa shape index (κ3) is 3.89. The number of aryl methyl sites for hydroxylation is 2. The van der Waals surface area contributed by atoms with Gasteiger partial charge in [-0.05, 0) is 25.5 Å². The lowest BCUT2D eigenvalue weighted by Gasteiger charge is -2.15. The van der Waals surface area contributed by atoms with Gasteiger partial charge < -0.3 is 0 Å². The van der Waals surface area contributed by atoms with Crippen LogP contribution in [0, 0.1) is 13.8 Å². The SMILES string of the molecule is Cc1cc(C)nc(SC(C(=O)c2ccccc2)c2ccccc2)n1. The number of carbonyl (C=O) groups is 1. The maximum absolute atomic E-state index is 13.0. The van der Waals surface area contributed by atoms with Gasteiger partial charge in [-0.1, -0.05) is 72.4 Å². The molecular formula is C20H18N2OS. The Morgan fingerprint density at radius 3 is 2.00 bits per heavy atom. The van der Waals surface area contributed by atoms with Crippen molar-refractivity contribution in [2.45, 2.75) is 24.3 Å². The Balaban J connectivity index is 1.98. The zero-order valence-electron chi connectivity index (χ0n) is 13.6. The second-order valence-corrected chi connectivity index (χ2v) is 6.64. The van der Waals surface area contributed by atoms with Gasteiger partial charge in [-0.3, -0.25) is 4.79 Å². The number of aromatic nitrogens is 2. The van der Waals surface area contributed by atoms with Crippen molar-refractivity contribution in [3.63, 3.8) is 0 Å². The van der Waals surface area contributed by atoms with Crippen molar-refractivity contribution in [2.24, 2.45) is 0 Å². The zero-order valence-corrected chi connectivity index (χ0v) is 14.5. The molecule has 0 saturated carbocycles. The summed E-state index contributed by atoms with van der Waals surface area (Å²) < 4.78 is 0. The third-order valence-electron chi connectivity index (χ3n) is 3.58. The van der Waals surface area contributed by atoms with Gasteiger partial charge in [-0.25, -0.2) is 9.97 Å². The van der Waals surface area contributed by atoms with Crippen molar-refractivity contribution in [3.8, 4) is 0 Å². The Labute approximate surface area is 146 Å². The molecule has 4 heteroatoms. The smallest absolute Gasteiger partial charge is 0.189 e. The van der Waals surface area contributed by atoms with Crippen molar-refractivity contribution >= 4 is 17.5 Å². The second-order valence-electron chi connectivity index (χ2n) is 5.57. The summed E-state index contributed by atoms with van der Waals surface area (Å²) >= 11 is 1.40. The van der Waals surface area contributed by atoms with Crippen LogP contribution < -0.4 is 0 Å². The van der Waals surface area contributed by atoms with Gasteiger partial charge in [-0.15, -0.1) is 0 Å². The Kier molecular flexibility index (Phi) is 5.06. The number of benzene rings is 2. The summed E-state index contributed by atoms with van der Waals surface area (Å²) in [6, 6.07) is 21.1. The van der Waals surface area contributed by atoms with Crippen LogP contribution in [-0.2, 0) is 0 Å². The molecule has 0 bridgehead atoms. The average Bonchev–Trinajstić information content (AvgIpc) is 2.60. The van der Waals surface area contributed by atoms with E-state index in [4.69, 9.17) is 0 Å². The van der Waals surface area contributed by atoms with Gasteiger partial charge in [0.25, 0.3) is 0 Å². The normalized spacial score (nSPS) is 11.9. The van der Waals surface area contributed by atoms with Crippen LogP contribution in [0.3, 0.4) is 0 Å². The standard InChI is InChI=1S/C20H18N2OS/c1-14-13-15(2)22-20(21-14)24-19(17-11-7-4-8-12-17)18(23)16-9-5-3-6-10-16/h3-13,19H,1-2H3. The highest BCUT2D eigenvalue weighted by Crippen LogP contribution is 2.36. The molecule has 1 aromatic heterocycles. The zero-order chi connectivity index (χ0) is 16.9. The van der Waals surface area contributed by atoms with Crippen LogP contribution in [0.2, 0.25) is 0 Å². The highest BCUT2D eigenvalue weighted by Gasteiger charge is 2.24. The Hall–Kier alpha value is -2.46. The minimum Gasteiger partial charge on any atom is -0.293 e. The van der Waals surface area contributed by atoms with Gasteiger partial charge in [-0.2, -0.15) is 0 Å². The van der Waals surface area contributed by atoms with E-state index in [2.05, 4.69) is 9.97 Å². The number of carbonyl (C=O) groups excluding carboxylic acids is 1. The Morgan fingerprint density at radius 1 is 0.875 bits per heavy atom. The molecule has 0 radical (unpaired) electrons. The summed E-state index contributed by atoms with van der Waals surface area (Å²) in [6.07, 6.45) is 0. The fourth-order valence-electron chi connectivity index (χ4n) is 2.51. The van der Waals surface area contributed by atoms with Crippen molar-refractivity contribution in [3.05, 3.63) is 89.2 Å². The summed E-state index contributed by atoms with van der Waals surface area (Å²) in [7, 11) is 0. The predicted octanol–water partition coefficient (Wildman–Crippen LogP) is 4.81. The first kappa shape index (κ1) is 16.4. The molecule has 1 atom stereocenters. The first-order valence-electron chi connectivity index (χ1n) is 7.76. The van der Waals surface area contributed by atoms with E-state index in [1.165, 1.54) is 11.8 Å². The molecule has 3 nitrogen and oxygen atoms in total. The minimum atomic E-state index is -0.366. The second kappa shape index (κ2) is 7.41. The summed E-state index contributed by atoms with van der Waals surface area (Å²) in [5, 5.41) is 0.264. The first-order valence-corrected chi connectivity index (χ1v) is 8.64. The van der Waals surface area contributed by atoms with E-state index in [1.807, 2.05) is 80.6 Å². The highest BCUT2D eigenvalue weighted by molar-refractivity contribution is 8.00. The molecule has 120 valence electrons. The monoisotopic (exact) mass is 334 g/mol. The molecule has 1 unspecified atom stereocenters. The molecule has 0 spiro atoms. The fourth-order valence-corrected chi connectivity index (χ4v) is 3.65. The molecule has 24 heavy (non-hydrogen) atoms. The maximum Gasteiger partial charge on any atom is 0.189 e. The molecule has 0 fully saturated rings. The van der Waals surface area contributed by atoms with Crippen molar-refractivity contribution in [1.82, 2.24) is 9.97 Å². The molecule has 0 aliphatic rings. The number of Topliss-reactive ketones (excluding diaryl/α,β-unsaturated/α-hetero) is 1. The number of nitrogens with zero attached hydrogens (tertiary/aromatic N) is 2. The molecule has 3 aromatic rings. The van der Waals surface area contributed by atoms with E-state index < -0.39 is 0 Å². The van der Waals surface area contributed by atoms with E-state index in [9.17, 15) is 4.79 Å². The van der Waals surface area contributed by atoms with Gasteiger partial charge in [0.05, 0.1) is 0 Å². The topological polar surface area (TPSA) is 42.9 Å². The number of hydrogen-bond acceptors (Lipinski definition) is 4. The van der Waals surface area contributed by atoms with Crippen LogP contribution in [-0.4, -0.2) is 15.8 Å². The fraction of sp³-hybridized carbons (Fsp3) is 0.150. The van der Waals surface area contributed by atoms with E-state index in [0.717, 1.165) is 17.0 Å². The quantitative estimate of drug-likeness (QED) is 0.381. The molecule has 0 aliphatic carbocycles. The molecule has 0 saturated heterocycles. The summed E-state index contributed by atoms with van der Waals surface area (Å²) in [6.45, 7) is 3.88. The Bertz CT molecular complexity index is 815. The lowest BCUT2D eigenvalue weighted by atomic mass is 10.0. The van der Waals surface area contributed by atoms with Crippen molar-refractivity contribution in [1.29, 1.82) is 0 Å². The molecule has 0 aliphatic heterocycles. The van der Waals surface area contributed by atoms with Gasteiger partial charge in [0.2, 0.25) is 0 Å². The number of ketones is 1. The van der Waals surface area contributed by atoms with Crippen LogP contribution in [0.25, 0.3) is 0 Å². The number of rotatable bonds is 5. The van der Waals surface area contributed by atoms with E-state index in [0.29, 0.717) is 10.7 Å². The average molecular weight is 334 g/mol. The van der Waals surface area contributed by atoms with Gasteiger partial charge in [0.15, 0.2) is 10.9 Å². The summed E-state index contributed by atoms with van der Waals surface area (Å²) in [4.78, 5) is 22.0. The van der Waals surface area contributed by atoms with Crippen LogP contribution in [0.4, 0.5) is 0 Å². The summed E-state index contributed by atoms with van der Waals surface area (Å²) in [5.74, 6) is 0.0644. The van der Waals surface area contributed by atoms with Crippen LogP contribution in [0.5, 0.6) is 0 Å². The van der Waals surface area contributed by atoms with Crippen molar-refractivity contribution in [2.75, 3.05) is 0 Å².